The molecular formula is C25H23FN2O7. The number of alkyl carbamates (subject to hydrolysis) is 1. The van der Waals surface area contributed by atoms with Crippen molar-refractivity contribution in [2.75, 3.05) is 13.2 Å². The normalized spacial score (nSPS) is 14.0. The summed E-state index contributed by atoms with van der Waals surface area (Å²) < 4.78 is 19.1. The lowest BCUT2D eigenvalue weighted by atomic mass is 9.98. The minimum atomic E-state index is -1.81. The number of hydrogen-bond donors (Lipinski definition) is 4. The molecule has 0 aromatic heterocycles. The van der Waals surface area contributed by atoms with Crippen LogP contribution in [0.4, 0.5) is 14.9 Å². The first-order chi connectivity index (χ1) is 16.8. The summed E-state index contributed by atoms with van der Waals surface area (Å²) in [6.07, 6.45) is -4.27. The zero-order valence-corrected chi connectivity index (χ0v) is 18.4. The van der Waals surface area contributed by atoms with E-state index in [1.165, 1.54) is 0 Å². The van der Waals surface area contributed by atoms with Gasteiger partial charge in [0.2, 0.25) is 5.75 Å². The van der Waals surface area contributed by atoms with Crippen molar-refractivity contribution in [2.24, 2.45) is 0 Å². The van der Waals surface area contributed by atoms with Crippen LogP contribution in [0.2, 0.25) is 0 Å². The number of nitro groups is 1. The van der Waals surface area contributed by atoms with E-state index in [-0.39, 0.29) is 25.5 Å². The van der Waals surface area contributed by atoms with E-state index in [1.807, 2.05) is 48.5 Å². The number of phenolic OH excluding ortho intramolecular Hbond substituents is 1. The van der Waals surface area contributed by atoms with Gasteiger partial charge in [-0.2, -0.15) is 0 Å². The number of rotatable bonds is 8. The standard InChI is InChI=1S/C25H23FN2O7/c26-14-11-19(23(30)21(12-14)28(33)34)24(31)22(29)9-10-27-25(32)35-13-20-17-7-3-1-5-15(17)16-6-2-4-8-18(16)20/h1-8,11-12,20,22,24,29-31H,9-10,13H2,(H,27,32). The second-order valence-electron chi connectivity index (χ2n) is 8.17. The van der Waals surface area contributed by atoms with Crippen LogP contribution in [0, 0.1) is 15.9 Å². The summed E-state index contributed by atoms with van der Waals surface area (Å²) in [5, 5.41) is 43.8. The van der Waals surface area contributed by atoms with Crippen LogP contribution in [0.5, 0.6) is 5.75 Å². The average Bonchev–Trinajstić information content (AvgIpc) is 3.17. The van der Waals surface area contributed by atoms with E-state index in [9.17, 15) is 34.6 Å². The third-order valence-electron chi connectivity index (χ3n) is 6.02. The maximum atomic E-state index is 13.7. The minimum Gasteiger partial charge on any atom is -0.502 e. The molecule has 4 N–H and O–H groups in total. The molecule has 182 valence electrons. The van der Waals surface area contributed by atoms with Crippen molar-refractivity contribution in [2.45, 2.75) is 24.5 Å². The Kier molecular flexibility index (Phi) is 6.94. The van der Waals surface area contributed by atoms with Gasteiger partial charge in [-0.3, -0.25) is 10.1 Å². The average molecular weight is 482 g/mol. The summed E-state index contributed by atoms with van der Waals surface area (Å²) in [5.74, 6) is -2.10. The molecule has 1 aliphatic rings. The lowest BCUT2D eigenvalue weighted by Crippen LogP contribution is -2.30. The van der Waals surface area contributed by atoms with Gasteiger partial charge in [-0.25, -0.2) is 9.18 Å². The van der Waals surface area contributed by atoms with Crippen LogP contribution in [0.3, 0.4) is 0 Å². The summed E-state index contributed by atoms with van der Waals surface area (Å²) >= 11 is 0. The van der Waals surface area contributed by atoms with Gasteiger partial charge in [0.15, 0.2) is 0 Å². The van der Waals surface area contributed by atoms with Gasteiger partial charge in [0.25, 0.3) is 0 Å². The van der Waals surface area contributed by atoms with E-state index in [0.29, 0.717) is 12.1 Å². The Balaban J connectivity index is 1.31. The summed E-state index contributed by atoms with van der Waals surface area (Å²) in [4.78, 5) is 22.2. The van der Waals surface area contributed by atoms with E-state index in [0.717, 1.165) is 22.3 Å². The number of nitrogens with zero attached hydrogens (tertiary/aromatic N) is 1. The molecule has 4 rings (SSSR count). The fourth-order valence-corrected chi connectivity index (χ4v) is 4.31. The molecule has 0 bridgehead atoms. The van der Waals surface area contributed by atoms with Crippen molar-refractivity contribution in [1.82, 2.24) is 5.32 Å². The summed E-state index contributed by atoms with van der Waals surface area (Å²) in [6.45, 7) is -0.00105. The highest BCUT2D eigenvalue weighted by atomic mass is 19.1. The number of aromatic hydroxyl groups is 1. The number of carbonyl (C=O) groups is 1. The Labute approximate surface area is 199 Å². The first-order valence-electron chi connectivity index (χ1n) is 10.9. The predicted molar refractivity (Wildman–Crippen MR) is 123 cm³/mol. The van der Waals surface area contributed by atoms with Crippen LogP contribution >= 0.6 is 0 Å². The third kappa shape index (κ3) is 4.93. The second kappa shape index (κ2) is 10.1. The largest absolute Gasteiger partial charge is 0.502 e. The molecule has 0 radical (unpaired) electrons. The second-order valence-corrected chi connectivity index (χ2v) is 8.17. The summed E-state index contributed by atoms with van der Waals surface area (Å²) in [6, 6.07) is 17.0. The molecular weight excluding hydrogens is 459 g/mol. The maximum absolute atomic E-state index is 13.7. The number of aliphatic hydroxyl groups is 2. The number of fused-ring (bicyclic) bond motifs is 3. The molecule has 0 heterocycles. The number of halogens is 1. The number of ether oxygens (including phenoxy) is 1. The van der Waals surface area contributed by atoms with Crippen LogP contribution in [-0.4, -0.2) is 45.6 Å². The van der Waals surface area contributed by atoms with Gasteiger partial charge in [-0.15, -0.1) is 0 Å². The van der Waals surface area contributed by atoms with E-state index < -0.39 is 46.0 Å². The molecule has 2 atom stereocenters. The molecule has 0 saturated heterocycles. The molecule has 0 aliphatic heterocycles. The molecule has 2 unspecified atom stereocenters. The third-order valence-corrected chi connectivity index (χ3v) is 6.02. The van der Waals surface area contributed by atoms with E-state index in [1.54, 1.807) is 0 Å². The fraction of sp³-hybridized carbons (Fsp3) is 0.240. The fourth-order valence-electron chi connectivity index (χ4n) is 4.31. The lowest BCUT2D eigenvalue weighted by Gasteiger charge is -2.19. The number of hydrogen-bond acceptors (Lipinski definition) is 7. The predicted octanol–water partition coefficient (Wildman–Crippen LogP) is 3.76. The molecule has 10 heteroatoms. The highest BCUT2D eigenvalue weighted by Crippen LogP contribution is 2.44. The number of nitro benzene ring substituents is 1. The van der Waals surface area contributed by atoms with Crippen LogP contribution in [0.15, 0.2) is 60.7 Å². The lowest BCUT2D eigenvalue weighted by molar-refractivity contribution is -0.386. The molecule has 9 nitrogen and oxygen atoms in total. The highest BCUT2D eigenvalue weighted by molar-refractivity contribution is 5.79. The van der Waals surface area contributed by atoms with E-state index in [2.05, 4.69) is 5.32 Å². The molecule has 1 aliphatic carbocycles. The monoisotopic (exact) mass is 482 g/mol. The van der Waals surface area contributed by atoms with Crippen molar-refractivity contribution in [3.8, 4) is 16.9 Å². The van der Waals surface area contributed by atoms with Crippen molar-refractivity contribution >= 4 is 11.8 Å². The molecule has 0 saturated carbocycles. The first kappa shape index (κ1) is 24.1. The van der Waals surface area contributed by atoms with Crippen molar-refractivity contribution in [3.63, 3.8) is 0 Å². The van der Waals surface area contributed by atoms with Gasteiger partial charge in [0.05, 0.1) is 17.1 Å². The van der Waals surface area contributed by atoms with Gasteiger partial charge in [0, 0.05) is 18.0 Å². The zero-order valence-electron chi connectivity index (χ0n) is 18.4. The number of nitrogens with one attached hydrogen (secondary N) is 1. The Morgan fingerprint density at radius 1 is 1.09 bits per heavy atom. The topological polar surface area (TPSA) is 142 Å². The van der Waals surface area contributed by atoms with Crippen molar-refractivity contribution < 1.29 is 34.2 Å². The quantitative estimate of drug-likeness (QED) is 0.283. The van der Waals surface area contributed by atoms with Crippen LogP contribution < -0.4 is 5.32 Å². The summed E-state index contributed by atoms with van der Waals surface area (Å²) in [7, 11) is 0. The van der Waals surface area contributed by atoms with E-state index >= 15 is 0 Å². The Hall–Kier alpha value is -4.02. The van der Waals surface area contributed by atoms with Crippen molar-refractivity contribution in [3.05, 3.63) is 93.3 Å². The molecule has 0 fully saturated rings. The molecule has 3 aromatic carbocycles. The maximum Gasteiger partial charge on any atom is 0.407 e. The number of carbonyl (C=O) groups excluding carboxylic acids is 1. The van der Waals surface area contributed by atoms with Gasteiger partial charge >= 0.3 is 11.8 Å². The zero-order chi connectivity index (χ0) is 25.1. The summed E-state index contributed by atoms with van der Waals surface area (Å²) in [5.41, 5.74) is 2.85. The molecule has 1 amide bonds. The van der Waals surface area contributed by atoms with Crippen LogP contribution in [-0.2, 0) is 4.74 Å². The smallest absolute Gasteiger partial charge is 0.407 e. The molecule has 0 spiro atoms. The van der Waals surface area contributed by atoms with Crippen LogP contribution in [0.25, 0.3) is 11.1 Å². The van der Waals surface area contributed by atoms with Gasteiger partial charge in [-0.05, 0) is 34.7 Å². The molecule has 3 aromatic rings. The SMILES string of the molecule is O=C(NCCC(O)C(O)c1cc(F)cc([N+](=O)[O-])c1O)OCC1c2ccccc2-c2ccccc21. The Morgan fingerprint density at radius 3 is 2.29 bits per heavy atom. The van der Waals surface area contributed by atoms with E-state index in [4.69, 9.17) is 4.74 Å². The van der Waals surface area contributed by atoms with Gasteiger partial charge in [0.1, 0.15) is 18.5 Å². The number of aliphatic hydroxyl groups excluding tert-OH is 2. The number of amides is 1. The minimum absolute atomic E-state index is 0.103. The highest BCUT2D eigenvalue weighted by Gasteiger charge is 2.30. The molecule has 35 heavy (non-hydrogen) atoms. The number of phenols is 1. The Bertz CT molecular complexity index is 1220. The first-order valence-corrected chi connectivity index (χ1v) is 10.9. The number of benzene rings is 3. The van der Waals surface area contributed by atoms with Gasteiger partial charge < -0.3 is 25.4 Å². The van der Waals surface area contributed by atoms with Crippen LogP contribution in [0.1, 0.15) is 35.1 Å². The Morgan fingerprint density at radius 2 is 1.69 bits per heavy atom. The van der Waals surface area contributed by atoms with Crippen molar-refractivity contribution in [1.29, 1.82) is 0 Å². The van der Waals surface area contributed by atoms with Gasteiger partial charge in [-0.1, -0.05) is 48.5 Å².